The zero-order valence-electron chi connectivity index (χ0n) is 11.7. The quantitative estimate of drug-likeness (QED) is 0.711. The summed E-state index contributed by atoms with van der Waals surface area (Å²) >= 11 is 0. The highest BCUT2D eigenvalue weighted by Crippen LogP contribution is 2.25. The van der Waals surface area contributed by atoms with E-state index in [2.05, 4.69) is 24.3 Å². The summed E-state index contributed by atoms with van der Waals surface area (Å²) in [6.45, 7) is 0.522. The van der Waals surface area contributed by atoms with Crippen LogP contribution < -0.4 is 10.5 Å². The van der Waals surface area contributed by atoms with Gasteiger partial charge in [0, 0.05) is 11.8 Å². The summed E-state index contributed by atoms with van der Waals surface area (Å²) in [5, 5.41) is 0. The van der Waals surface area contributed by atoms with Crippen LogP contribution in [-0.4, -0.2) is 0 Å². The molecule has 0 aliphatic carbocycles. The van der Waals surface area contributed by atoms with Gasteiger partial charge in [-0.1, -0.05) is 60.7 Å². The zero-order valence-corrected chi connectivity index (χ0v) is 11.7. The van der Waals surface area contributed by atoms with E-state index in [0.717, 1.165) is 11.3 Å². The number of ether oxygens (including phenoxy) is 1. The second-order valence-corrected chi connectivity index (χ2v) is 4.88. The second kappa shape index (κ2) is 6.14. The molecule has 2 nitrogen and oxygen atoms in total. The van der Waals surface area contributed by atoms with Gasteiger partial charge in [0.15, 0.2) is 0 Å². The highest BCUT2D eigenvalue weighted by Gasteiger charge is 2.05. The monoisotopic (exact) mass is 275 g/mol. The lowest BCUT2D eigenvalue weighted by Gasteiger charge is -2.11. The van der Waals surface area contributed by atoms with Crippen LogP contribution in [0.15, 0.2) is 78.9 Å². The minimum Gasteiger partial charge on any atom is -0.489 e. The number of nitrogen functional groups attached to an aromatic ring is 1. The molecular formula is C19H17NO. The summed E-state index contributed by atoms with van der Waals surface area (Å²) < 4.78 is 5.86. The van der Waals surface area contributed by atoms with Crippen LogP contribution in [0.2, 0.25) is 0 Å². The smallest absolute Gasteiger partial charge is 0.121 e. The van der Waals surface area contributed by atoms with Crippen molar-refractivity contribution in [1.29, 1.82) is 0 Å². The Bertz CT molecular complexity index is 722. The van der Waals surface area contributed by atoms with Crippen LogP contribution >= 0.6 is 0 Å². The molecule has 0 aromatic heterocycles. The molecule has 0 aliphatic rings. The van der Waals surface area contributed by atoms with E-state index < -0.39 is 0 Å². The predicted molar refractivity (Wildman–Crippen MR) is 87.1 cm³/mol. The molecule has 0 fully saturated rings. The molecule has 0 saturated heterocycles. The topological polar surface area (TPSA) is 35.2 Å². The van der Waals surface area contributed by atoms with Gasteiger partial charge in [-0.15, -0.1) is 0 Å². The van der Waals surface area contributed by atoms with Crippen molar-refractivity contribution in [2.24, 2.45) is 0 Å². The third kappa shape index (κ3) is 3.23. The molecule has 0 aliphatic heterocycles. The highest BCUT2D eigenvalue weighted by atomic mass is 16.5. The molecular weight excluding hydrogens is 258 g/mol. The number of benzene rings is 3. The molecule has 0 heterocycles. The van der Waals surface area contributed by atoms with E-state index in [4.69, 9.17) is 10.5 Å². The predicted octanol–water partition coefficient (Wildman–Crippen LogP) is 4.51. The summed E-state index contributed by atoms with van der Waals surface area (Å²) in [4.78, 5) is 0. The second-order valence-electron chi connectivity index (χ2n) is 4.88. The summed E-state index contributed by atoms with van der Waals surface area (Å²) in [7, 11) is 0. The molecule has 3 aromatic rings. The van der Waals surface area contributed by atoms with Crippen molar-refractivity contribution in [2.75, 3.05) is 5.73 Å². The first-order valence-corrected chi connectivity index (χ1v) is 6.94. The summed E-state index contributed by atoms with van der Waals surface area (Å²) in [5.41, 5.74) is 10.0. The first kappa shape index (κ1) is 13.3. The minimum atomic E-state index is 0.522. The lowest BCUT2D eigenvalue weighted by atomic mass is 10.0. The molecule has 3 aromatic carbocycles. The van der Waals surface area contributed by atoms with Crippen molar-refractivity contribution in [3.8, 4) is 16.9 Å². The SMILES string of the molecule is Nc1cccc(OCc2ccccc2-c2ccccc2)c1. The maximum atomic E-state index is 5.86. The van der Waals surface area contributed by atoms with E-state index >= 15 is 0 Å². The fourth-order valence-electron chi connectivity index (χ4n) is 2.31. The first-order valence-electron chi connectivity index (χ1n) is 6.94. The summed E-state index contributed by atoms with van der Waals surface area (Å²) in [6, 6.07) is 26.1. The molecule has 0 unspecified atom stereocenters. The molecule has 0 atom stereocenters. The zero-order chi connectivity index (χ0) is 14.5. The number of nitrogens with two attached hydrogens (primary N) is 1. The van der Waals surface area contributed by atoms with Crippen LogP contribution in [-0.2, 0) is 6.61 Å². The van der Waals surface area contributed by atoms with Crippen molar-refractivity contribution in [1.82, 2.24) is 0 Å². The Balaban J connectivity index is 1.83. The molecule has 2 N–H and O–H groups in total. The van der Waals surface area contributed by atoms with Gasteiger partial charge in [0.05, 0.1) is 0 Å². The van der Waals surface area contributed by atoms with Gasteiger partial charge in [-0.25, -0.2) is 0 Å². The Kier molecular flexibility index (Phi) is 3.88. The molecule has 0 amide bonds. The van der Waals surface area contributed by atoms with E-state index in [1.807, 2.05) is 54.6 Å². The van der Waals surface area contributed by atoms with Crippen LogP contribution in [0.3, 0.4) is 0 Å². The van der Waals surface area contributed by atoms with Gasteiger partial charge in [0.2, 0.25) is 0 Å². The summed E-state index contributed by atoms with van der Waals surface area (Å²) in [6.07, 6.45) is 0. The standard InChI is InChI=1S/C19H17NO/c20-17-10-6-11-18(13-17)21-14-16-9-4-5-12-19(16)15-7-2-1-3-8-15/h1-13H,14,20H2. The van der Waals surface area contributed by atoms with Crippen LogP contribution in [0.4, 0.5) is 5.69 Å². The minimum absolute atomic E-state index is 0.522. The van der Waals surface area contributed by atoms with Crippen LogP contribution in [0.5, 0.6) is 5.75 Å². The Morgan fingerprint density at radius 2 is 1.52 bits per heavy atom. The fourth-order valence-corrected chi connectivity index (χ4v) is 2.31. The van der Waals surface area contributed by atoms with Crippen molar-refractivity contribution in [2.45, 2.75) is 6.61 Å². The maximum absolute atomic E-state index is 5.86. The highest BCUT2D eigenvalue weighted by molar-refractivity contribution is 5.67. The Morgan fingerprint density at radius 1 is 0.762 bits per heavy atom. The van der Waals surface area contributed by atoms with Gasteiger partial charge in [0.1, 0.15) is 12.4 Å². The Hall–Kier alpha value is -2.74. The molecule has 0 saturated carbocycles. The molecule has 2 heteroatoms. The van der Waals surface area contributed by atoms with Gasteiger partial charge < -0.3 is 10.5 Å². The average molecular weight is 275 g/mol. The third-order valence-electron chi connectivity index (χ3n) is 3.35. The number of anilines is 1. The number of rotatable bonds is 4. The van der Waals surface area contributed by atoms with E-state index in [1.165, 1.54) is 11.1 Å². The number of hydrogen-bond donors (Lipinski definition) is 1. The maximum Gasteiger partial charge on any atom is 0.121 e. The van der Waals surface area contributed by atoms with Gasteiger partial charge >= 0.3 is 0 Å². The molecule has 21 heavy (non-hydrogen) atoms. The van der Waals surface area contributed by atoms with Crippen LogP contribution in [0.1, 0.15) is 5.56 Å². The van der Waals surface area contributed by atoms with Crippen LogP contribution in [0, 0.1) is 0 Å². The normalized spacial score (nSPS) is 10.3. The van der Waals surface area contributed by atoms with Crippen molar-refractivity contribution in [3.05, 3.63) is 84.4 Å². The van der Waals surface area contributed by atoms with Gasteiger partial charge in [0.25, 0.3) is 0 Å². The average Bonchev–Trinajstić information content (AvgIpc) is 2.54. The first-order chi connectivity index (χ1) is 10.3. The van der Waals surface area contributed by atoms with E-state index in [9.17, 15) is 0 Å². The number of hydrogen-bond acceptors (Lipinski definition) is 2. The molecule has 0 radical (unpaired) electrons. The fraction of sp³-hybridized carbons (Fsp3) is 0.0526. The van der Waals surface area contributed by atoms with E-state index in [1.54, 1.807) is 0 Å². The van der Waals surface area contributed by atoms with Gasteiger partial charge in [-0.05, 0) is 28.8 Å². The van der Waals surface area contributed by atoms with Gasteiger partial charge in [-0.2, -0.15) is 0 Å². The largest absolute Gasteiger partial charge is 0.489 e. The Labute approximate surface area is 124 Å². The lowest BCUT2D eigenvalue weighted by Crippen LogP contribution is -1.98. The molecule has 104 valence electrons. The third-order valence-corrected chi connectivity index (χ3v) is 3.35. The molecule has 0 spiro atoms. The van der Waals surface area contributed by atoms with E-state index in [0.29, 0.717) is 12.3 Å². The van der Waals surface area contributed by atoms with E-state index in [-0.39, 0.29) is 0 Å². The Morgan fingerprint density at radius 3 is 2.33 bits per heavy atom. The lowest BCUT2D eigenvalue weighted by molar-refractivity contribution is 0.307. The summed E-state index contributed by atoms with van der Waals surface area (Å²) in [5.74, 6) is 0.790. The van der Waals surface area contributed by atoms with Crippen molar-refractivity contribution in [3.63, 3.8) is 0 Å². The molecule has 0 bridgehead atoms. The van der Waals surface area contributed by atoms with Crippen molar-refractivity contribution < 1.29 is 4.74 Å². The van der Waals surface area contributed by atoms with Crippen LogP contribution in [0.25, 0.3) is 11.1 Å². The molecule has 3 rings (SSSR count). The van der Waals surface area contributed by atoms with Gasteiger partial charge in [-0.3, -0.25) is 0 Å². The van der Waals surface area contributed by atoms with Crippen molar-refractivity contribution >= 4 is 5.69 Å².